The molecule has 0 saturated heterocycles. The number of likely N-dealkylation sites (N-methyl/N-ethyl adjacent to an activating group) is 1. The van der Waals surface area contributed by atoms with Crippen molar-refractivity contribution in [3.8, 4) is 5.75 Å². The van der Waals surface area contributed by atoms with E-state index in [-0.39, 0.29) is 11.9 Å². The van der Waals surface area contributed by atoms with Crippen molar-refractivity contribution in [3.63, 3.8) is 0 Å². The first-order valence-electron chi connectivity index (χ1n) is 4.76. The van der Waals surface area contributed by atoms with Crippen LogP contribution in [0.25, 0.3) is 0 Å². The van der Waals surface area contributed by atoms with Crippen LogP contribution in [0, 0.1) is 12.7 Å². The molecule has 2 nitrogen and oxygen atoms in total. The number of hydrogen-bond donors (Lipinski definition) is 0. The molecule has 0 fully saturated rings. The van der Waals surface area contributed by atoms with Gasteiger partial charge in [-0.1, -0.05) is 0 Å². The van der Waals surface area contributed by atoms with Crippen LogP contribution in [0.3, 0.4) is 0 Å². The predicted octanol–water partition coefficient (Wildman–Crippen LogP) is 2.35. The Morgan fingerprint density at radius 3 is 2.93 bits per heavy atom. The third-order valence-corrected chi connectivity index (χ3v) is 2.51. The number of hydrogen-bond acceptors (Lipinski definition) is 2. The summed E-state index contributed by atoms with van der Waals surface area (Å²) < 4.78 is 18.9. The molecule has 1 atom stereocenters. The fraction of sp³-hybridized carbons (Fsp3) is 0.455. The Morgan fingerprint density at radius 1 is 1.50 bits per heavy atom. The first-order chi connectivity index (χ1) is 6.58. The van der Waals surface area contributed by atoms with Gasteiger partial charge in [0.25, 0.3) is 0 Å². The number of ether oxygens (including phenoxy) is 1. The minimum atomic E-state index is -0.172. The van der Waals surface area contributed by atoms with Crippen molar-refractivity contribution in [3.05, 3.63) is 23.5 Å². The third kappa shape index (κ3) is 1.43. The summed E-state index contributed by atoms with van der Waals surface area (Å²) in [7, 11) is 1.95. The third-order valence-electron chi connectivity index (χ3n) is 2.51. The lowest BCUT2D eigenvalue weighted by Gasteiger charge is -2.32. The average Bonchev–Trinajstić information content (AvgIpc) is 2.08. The van der Waals surface area contributed by atoms with E-state index in [2.05, 4.69) is 0 Å². The summed E-state index contributed by atoms with van der Waals surface area (Å²) in [6.07, 6.45) is 0.164. The van der Waals surface area contributed by atoms with E-state index < -0.39 is 0 Å². The highest BCUT2D eigenvalue weighted by atomic mass is 19.1. The molecule has 0 spiro atoms. The van der Waals surface area contributed by atoms with Crippen molar-refractivity contribution in [2.24, 2.45) is 0 Å². The Bertz CT molecular complexity index is 365. The van der Waals surface area contributed by atoms with Gasteiger partial charge in [0.2, 0.25) is 0 Å². The molecule has 0 radical (unpaired) electrons. The molecule has 76 valence electrons. The molecule has 1 aliphatic rings. The molecule has 0 bridgehead atoms. The van der Waals surface area contributed by atoms with Gasteiger partial charge in [0.05, 0.1) is 12.2 Å². The van der Waals surface area contributed by atoms with E-state index >= 15 is 0 Å². The maximum atomic E-state index is 13.3. The zero-order valence-electron chi connectivity index (χ0n) is 8.67. The van der Waals surface area contributed by atoms with Gasteiger partial charge in [-0.2, -0.15) is 0 Å². The Kier molecular flexibility index (Phi) is 2.10. The summed E-state index contributed by atoms with van der Waals surface area (Å²) in [5.74, 6) is 0.610. The highest BCUT2D eigenvalue weighted by Gasteiger charge is 2.21. The maximum Gasteiger partial charge on any atom is 0.143 e. The van der Waals surface area contributed by atoms with Gasteiger partial charge in [-0.05, 0) is 25.5 Å². The van der Waals surface area contributed by atoms with Crippen LogP contribution in [0.4, 0.5) is 10.1 Å². The van der Waals surface area contributed by atoms with E-state index in [1.54, 1.807) is 13.0 Å². The molecule has 0 amide bonds. The lowest BCUT2D eigenvalue weighted by molar-refractivity contribution is 0.215. The zero-order chi connectivity index (χ0) is 10.3. The van der Waals surface area contributed by atoms with Crippen molar-refractivity contribution < 1.29 is 9.13 Å². The van der Waals surface area contributed by atoms with Crippen LogP contribution in [0.1, 0.15) is 12.5 Å². The molecule has 0 saturated carbocycles. The van der Waals surface area contributed by atoms with Crippen LogP contribution in [0.15, 0.2) is 12.1 Å². The van der Waals surface area contributed by atoms with Crippen LogP contribution in [0.5, 0.6) is 5.75 Å². The second kappa shape index (κ2) is 3.15. The highest BCUT2D eigenvalue weighted by Crippen LogP contribution is 2.34. The second-order valence-corrected chi connectivity index (χ2v) is 3.88. The van der Waals surface area contributed by atoms with Gasteiger partial charge < -0.3 is 9.64 Å². The molecule has 0 aliphatic carbocycles. The molecule has 14 heavy (non-hydrogen) atoms. The first kappa shape index (κ1) is 9.31. The summed E-state index contributed by atoms with van der Waals surface area (Å²) >= 11 is 0. The van der Waals surface area contributed by atoms with Crippen molar-refractivity contribution in [1.29, 1.82) is 0 Å². The zero-order valence-corrected chi connectivity index (χ0v) is 8.67. The monoisotopic (exact) mass is 195 g/mol. The molecule has 0 N–H and O–H groups in total. The molecule has 2 rings (SSSR count). The van der Waals surface area contributed by atoms with Crippen molar-refractivity contribution in [1.82, 2.24) is 0 Å². The number of rotatable bonds is 0. The van der Waals surface area contributed by atoms with Crippen LogP contribution >= 0.6 is 0 Å². The molecular weight excluding hydrogens is 181 g/mol. The lowest BCUT2D eigenvalue weighted by atomic mass is 10.1. The summed E-state index contributed by atoms with van der Waals surface area (Å²) in [5.41, 5.74) is 1.47. The number of benzene rings is 1. The van der Waals surface area contributed by atoms with Gasteiger partial charge in [-0.15, -0.1) is 0 Å². The summed E-state index contributed by atoms with van der Waals surface area (Å²) in [5, 5.41) is 0. The Hall–Kier alpha value is -1.25. The van der Waals surface area contributed by atoms with E-state index in [0.717, 1.165) is 18.0 Å². The summed E-state index contributed by atoms with van der Waals surface area (Å²) in [6, 6.07) is 3.30. The SMILES string of the molecule is Cc1cc2c(cc1F)N(C)CC(C)O2. The van der Waals surface area contributed by atoms with Gasteiger partial charge in [-0.25, -0.2) is 4.39 Å². The average molecular weight is 195 g/mol. The second-order valence-electron chi connectivity index (χ2n) is 3.88. The molecular formula is C11H14FNO. The normalized spacial score (nSPS) is 20.3. The van der Waals surface area contributed by atoms with Crippen molar-refractivity contribution in [2.75, 3.05) is 18.5 Å². The number of halogens is 1. The van der Waals surface area contributed by atoms with E-state index in [1.165, 1.54) is 6.07 Å². The Labute approximate surface area is 83.3 Å². The van der Waals surface area contributed by atoms with E-state index in [1.807, 2.05) is 18.9 Å². The van der Waals surface area contributed by atoms with Gasteiger partial charge >= 0.3 is 0 Å². The van der Waals surface area contributed by atoms with E-state index in [9.17, 15) is 4.39 Å². The smallest absolute Gasteiger partial charge is 0.143 e. The standard InChI is InChI=1S/C11H14FNO/c1-7-4-11-10(5-9(7)12)13(3)6-8(2)14-11/h4-5,8H,6H2,1-3H3. The molecule has 1 heterocycles. The van der Waals surface area contributed by atoms with Crippen molar-refractivity contribution >= 4 is 5.69 Å². The predicted molar refractivity (Wildman–Crippen MR) is 54.5 cm³/mol. The largest absolute Gasteiger partial charge is 0.487 e. The topological polar surface area (TPSA) is 12.5 Å². The minimum Gasteiger partial charge on any atom is -0.487 e. The Morgan fingerprint density at radius 2 is 2.21 bits per heavy atom. The summed E-state index contributed by atoms with van der Waals surface area (Å²) in [6.45, 7) is 4.56. The maximum absolute atomic E-state index is 13.3. The molecule has 0 aromatic heterocycles. The Balaban J connectivity index is 2.49. The fourth-order valence-electron chi connectivity index (χ4n) is 1.78. The van der Waals surface area contributed by atoms with Crippen LogP contribution < -0.4 is 9.64 Å². The van der Waals surface area contributed by atoms with Gasteiger partial charge in [0, 0.05) is 13.1 Å². The molecule has 1 aliphatic heterocycles. The molecule has 1 aromatic rings. The van der Waals surface area contributed by atoms with Crippen LogP contribution in [-0.4, -0.2) is 19.7 Å². The van der Waals surface area contributed by atoms with Crippen LogP contribution in [0.2, 0.25) is 0 Å². The fourth-order valence-corrected chi connectivity index (χ4v) is 1.78. The first-order valence-corrected chi connectivity index (χ1v) is 4.76. The van der Waals surface area contributed by atoms with Crippen LogP contribution in [-0.2, 0) is 0 Å². The van der Waals surface area contributed by atoms with Gasteiger partial charge in [0.1, 0.15) is 17.7 Å². The van der Waals surface area contributed by atoms with Gasteiger partial charge in [-0.3, -0.25) is 0 Å². The number of anilines is 1. The quantitative estimate of drug-likeness (QED) is 0.630. The number of nitrogens with zero attached hydrogens (tertiary/aromatic N) is 1. The molecule has 1 unspecified atom stereocenters. The van der Waals surface area contributed by atoms with Gasteiger partial charge in [0.15, 0.2) is 0 Å². The summed E-state index contributed by atoms with van der Waals surface area (Å²) in [4.78, 5) is 2.02. The van der Waals surface area contributed by atoms with E-state index in [4.69, 9.17) is 4.74 Å². The highest BCUT2D eigenvalue weighted by molar-refractivity contribution is 5.61. The van der Waals surface area contributed by atoms with E-state index in [0.29, 0.717) is 5.56 Å². The molecule has 3 heteroatoms. The number of aryl methyl sites for hydroxylation is 1. The minimum absolute atomic E-state index is 0.164. The molecule has 1 aromatic carbocycles. The van der Waals surface area contributed by atoms with Crippen molar-refractivity contribution in [2.45, 2.75) is 20.0 Å². The number of fused-ring (bicyclic) bond motifs is 1. The lowest BCUT2D eigenvalue weighted by Crippen LogP contribution is -2.35.